The van der Waals surface area contributed by atoms with E-state index in [4.69, 9.17) is 4.74 Å². The van der Waals surface area contributed by atoms with Crippen LogP contribution in [0.5, 0.6) is 0 Å². The summed E-state index contributed by atoms with van der Waals surface area (Å²) in [7, 11) is 1.63. The highest BCUT2D eigenvalue weighted by atomic mass is 32.1. The van der Waals surface area contributed by atoms with Gasteiger partial charge in [-0.15, -0.1) is 10.2 Å². The van der Waals surface area contributed by atoms with Crippen molar-refractivity contribution < 1.29 is 9.53 Å². The number of anilines is 1. The summed E-state index contributed by atoms with van der Waals surface area (Å²) >= 11 is 1.44. The Labute approximate surface area is 141 Å². The molecule has 0 aliphatic heterocycles. The average Bonchev–Trinajstić information content (AvgIpc) is 3.03. The molecular weight excluding hydrogens is 310 g/mol. The first-order valence-corrected chi connectivity index (χ1v) is 8.67. The smallest absolute Gasteiger partial charge is 0.228 e. The van der Waals surface area contributed by atoms with Gasteiger partial charge in [0.05, 0.1) is 13.2 Å². The molecule has 1 amide bonds. The van der Waals surface area contributed by atoms with E-state index in [-0.39, 0.29) is 5.91 Å². The van der Waals surface area contributed by atoms with Gasteiger partial charge in [-0.25, -0.2) is 0 Å². The Morgan fingerprint density at radius 1 is 1.35 bits per heavy atom. The van der Waals surface area contributed by atoms with Crippen LogP contribution in [0, 0.1) is 6.92 Å². The lowest BCUT2D eigenvalue weighted by Gasteiger charge is -2.18. The minimum absolute atomic E-state index is 0.0795. The van der Waals surface area contributed by atoms with E-state index in [1.807, 2.05) is 25.1 Å². The van der Waals surface area contributed by atoms with Crippen LogP contribution >= 0.6 is 11.3 Å². The molecule has 124 valence electrons. The van der Waals surface area contributed by atoms with Crippen LogP contribution in [0.2, 0.25) is 0 Å². The zero-order valence-corrected chi connectivity index (χ0v) is 14.7. The number of carbonyl (C=O) groups excluding carboxylic acids is 1. The number of aromatic nitrogens is 2. The standard InChI is InChI=1S/C17H23N3O2S/c1-4-5-9-15(21)20(10-11-22-3)17-19-18-16(23-17)14-8-6-7-13(2)12-14/h6-8,12H,4-5,9-11H2,1-3H3. The lowest BCUT2D eigenvalue weighted by molar-refractivity contribution is -0.118. The molecule has 0 aliphatic carbocycles. The molecule has 1 heterocycles. The maximum atomic E-state index is 12.4. The topological polar surface area (TPSA) is 55.3 Å². The van der Waals surface area contributed by atoms with Crippen molar-refractivity contribution in [1.29, 1.82) is 0 Å². The van der Waals surface area contributed by atoms with Crippen LogP contribution in [0.25, 0.3) is 10.6 Å². The predicted octanol–water partition coefficient (Wildman–Crippen LogP) is 3.68. The molecule has 0 saturated heterocycles. The third kappa shape index (κ3) is 4.84. The predicted molar refractivity (Wildman–Crippen MR) is 93.8 cm³/mol. The Morgan fingerprint density at radius 2 is 2.17 bits per heavy atom. The molecule has 0 saturated carbocycles. The summed E-state index contributed by atoms with van der Waals surface area (Å²) in [5, 5.41) is 9.94. The molecular formula is C17H23N3O2S. The van der Waals surface area contributed by atoms with Crippen molar-refractivity contribution in [3.05, 3.63) is 29.8 Å². The second kappa shape index (κ2) is 8.74. The molecule has 1 aromatic heterocycles. The zero-order valence-electron chi connectivity index (χ0n) is 13.9. The lowest BCUT2D eigenvalue weighted by Crippen LogP contribution is -2.33. The van der Waals surface area contributed by atoms with E-state index in [0.29, 0.717) is 24.7 Å². The van der Waals surface area contributed by atoms with Gasteiger partial charge in [-0.2, -0.15) is 0 Å². The fraction of sp³-hybridized carbons (Fsp3) is 0.471. The van der Waals surface area contributed by atoms with E-state index in [2.05, 4.69) is 23.2 Å². The molecule has 5 nitrogen and oxygen atoms in total. The van der Waals surface area contributed by atoms with Gasteiger partial charge in [0.1, 0.15) is 5.01 Å². The summed E-state index contributed by atoms with van der Waals surface area (Å²) in [6, 6.07) is 8.13. The largest absolute Gasteiger partial charge is 0.383 e. The summed E-state index contributed by atoms with van der Waals surface area (Å²) in [5.41, 5.74) is 2.20. The number of rotatable bonds is 8. The minimum Gasteiger partial charge on any atom is -0.383 e. The first-order chi connectivity index (χ1) is 11.2. The van der Waals surface area contributed by atoms with Crippen LogP contribution in [-0.2, 0) is 9.53 Å². The van der Waals surface area contributed by atoms with Gasteiger partial charge < -0.3 is 4.74 Å². The summed E-state index contributed by atoms with van der Waals surface area (Å²) < 4.78 is 5.12. The summed E-state index contributed by atoms with van der Waals surface area (Å²) in [4.78, 5) is 14.1. The first-order valence-electron chi connectivity index (χ1n) is 7.85. The third-order valence-electron chi connectivity index (χ3n) is 3.47. The number of aryl methyl sites for hydroxylation is 1. The zero-order chi connectivity index (χ0) is 16.7. The fourth-order valence-electron chi connectivity index (χ4n) is 2.19. The molecule has 2 aromatic rings. The molecule has 2 rings (SSSR count). The molecule has 0 fully saturated rings. The van der Waals surface area contributed by atoms with Gasteiger partial charge >= 0.3 is 0 Å². The average molecular weight is 333 g/mol. The van der Waals surface area contributed by atoms with Crippen LogP contribution in [0.1, 0.15) is 31.7 Å². The summed E-state index contributed by atoms with van der Waals surface area (Å²) in [6.45, 7) is 5.11. The Morgan fingerprint density at radius 3 is 2.87 bits per heavy atom. The minimum atomic E-state index is 0.0795. The number of methoxy groups -OCH3 is 1. The lowest BCUT2D eigenvalue weighted by atomic mass is 10.1. The highest BCUT2D eigenvalue weighted by Crippen LogP contribution is 2.29. The number of ether oxygens (including phenoxy) is 1. The second-order valence-electron chi connectivity index (χ2n) is 5.40. The quantitative estimate of drug-likeness (QED) is 0.739. The number of amides is 1. The molecule has 23 heavy (non-hydrogen) atoms. The first kappa shape index (κ1) is 17.6. The van der Waals surface area contributed by atoms with Crippen molar-refractivity contribution in [2.24, 2.45) is 0 Å². The fourth-order valence-corrected chi connectivity index (χ4v) is 3.08. The van der Waals surface area contributed by atoms with E-state index in [1.165, 1.54) is 16.9 Å². The number of unbranched alkanes of at least 4 members (excludes halogenated alkanes) is 1. The second-order valence-corrected chi connectivity index (χ2v) is 6.36. The van der Waals surface area contributed by atoms with E-state index in [9.17, 15) is 4.79 Å². The Bertz CT molecular complexity index is 642. The van der Waals surface area contributed by atoms with E-state index < -0.39 is 0 Å². The molecule has 0 atom stereocenters. The van der Waals surface area contributed by atoms with Gasteiger partial charge in [0.25, 0.3) is 0 Å². The third-order valence-corrected chi connectivity index (χ3v) is 4.47. The molecule has 1 aromatic carbocycles. The number of carbonyl (C=O) groups is 1. The van der Waals surface area contributed by atoms with Crippen molar-refractivity contribution in [2.75, 3.05) is 25.2 Å². The molecule has 6 heteroatoms. The molecule has 0 radical (unpaired) electrons. The van der Waals surface area contributed by atoms with Gasteiger partial charge in [0.15, 0.2) is 0 Å². The van der Waals surface area contributed by atoms with Crippen LogP contribution < -0.4 is 4.90 Å². The van der Waals surface area contributed by atoms with Crippen molar-refractivity contribution in [1.82, 2.24) is 10.2 Å². The van der Waals surface area contributed by atoms with Crippen molar-refractivity contribution in [2.45, 2.75) is 33.1 Å². The van der Waals surface area contributed by atoms with Crippen LogP contribution in [0.4, 0.5) is 5.13 Å². The Balaban J connectivity index is 2.20. The molecule has 0 N–H and O–H groups in total. The maximum Gasteiger partial charge on any atom is 0.228 e. The van der Waals surface area contributed by atoms with Crippen molar-refractivity contribution in [3.63, 3.8) is 0 Å². The van der Waals surface area contributed by atoms with Crippen LogP contribution in [-0.4, -0.2) is 36.4 Å². The highest BCUT2D eigenvalue weighted by Gasteiger charge is 2.19. The van der Waals surface area contributed by atoms with Crippen LogP contribution in [0.15, 0.2) is 24.3 Å². The Hall–Kier alpha value is -1.79. The molecule has 0 unspecified atom stereocenters. The molecule has 0 spiro atoms. The summed E-state index contributed by atoms with van der Waals surface area (Å²) in [5.74, 6) is 0.0795. The number of nitrogens with zero attached hydrogens (tertiary/aromatic N) is 3. The van der Waals surface area contributed by atoms with Crippen LogP contribution in [0.3, 0.4) is 0 Å². The summed E-state index contributed by atoms with van der Waals surface area (Å²) in [6.07, 6.45) is 2.40. The van der Waals surface area contributed by atoms with Gasteiger partial charge in [0, 0.05) is 19.1 Å². The SMILES string of the molecule is CCCCC(=O)N(CCOC)c1nnc(-c2cccc(C)c2)s1. The van der Waals surface area contributed by atoms with Gasteiger partial charge in [0.2, 0.25) is 11.0 Å². The monoisotopic (exact) mass is 333 g/mol. The maximum absolute atomic E-state index is 12.4. The number of benzene rings is 1. The van der Waals surface area contributed by atoms with Crippen molar-refractivity contribution >= 4 is 22.4 Å². The van der Waals surface area contributed by atoms with Gasteiger partial charge in [-0.05, 0) is 19.4 Å². The van der Waals surface area contributed by atoms with E-state index in [0.717, 1.165) is 23.4 Å². The van der Waals surface area contributed by atoms with Gasteiger partial charge in [-0.1, -0.05) is 48.4 Å². The highest BCUT2D eigenvalue weighted by molar-refractivity contribution is 7.18. The number of hydrogen-bond acceptors (Lipinski definition) is 5. The molecule has 0 bridgehead atoms. The van der Waals surface area contributed by atoms with Crippen molar-refractivity contribution in [3.8, 4) is 10.6 Å². The van der Waals surface area contributed by atoms with E-state index in [1.54, 1.807) is 12.0 Å². The number of hydrogen-bond donors (Lipinski definition) is 0. The Kier molecular flexibility index (Phi) is 6.67. The molecule has 0 aliphatic rings. The van der Waals surface area contributed by atoms with E-state index >= 15 is 0 Å². The van der Waals surface area contributed by atoms with Gasteiger partial charge in [-0.3, -0.25) is 9.69 Å². The normalized spacial score (nSPS) is 10.7.